The lowest BCUT2D eigenvalue weighted by molar-refractivity contribution is -0.137. The number of aliphatic hydroxyl groups is 3. The molecule has 5 unspecified atom stereocenters. The summed E-state index contributed by atoms with van der Waals surface area (Å²) in [6.45, 7) is 0.153. The number of aliphatic hydroxyl groups excluding tert-OH is 3. The number of ether oxygens (including phenoxy) is 1. The lowest BCUT2D eigenvalue weighted by Gasteiger charge is -2.24. The summed E-state index contributed by atoms with van der Waals surface area (Å²) in [4.78, 5) is 10.5. The maximum absolute atomic E-state index is 10.5. The number of hydrogen-bond donors (Lipinski definition) is 4. The molecule has 4 N–H and O–H groups in total. The minimum Gasteiger partial charge on any atom is -0.491 e. The van der Waals surface area contributed by atoms with Gasteiger partial charge in [0, 0.05) is 11.4 Å². The maximum Gasteiger partial charge on any atom is 0.303 e. The van der Waals surface area contributed by atoms with E-state index < -0.39 is 24.3 Å². The minimum atomic E-state index is -0.766. The quantitative estimate of drug-likeness (QED) is 0.357. The average molecular weight is 429 g/mol. The van der Waals surface area contributed by atoms with Gasteiger partial charge in [-0.05, 0) is 62.1 Å². The van der Waals surface area contributed by atoms with Gasteiger partial charge in [0.1, 0.15) is 12.4 Å². The van der Waals surface area contributed by atoms with E-state index in [4.69, 9.17) is 21.4 Å². The molecule has 0 heterocycles. The third-order valence-electron chi connectivity index (χ3n) is 5.77. The standard InChI is InChI=1S/C22H33ClO6/c23-15-6-5-7-17(12-15)29-14-16(24)10-11-19-18(20(25)13-21(19)26)8-3-1-2-4-9-22(27)28/h5-7,12,16,18-21,24-26H,1-4,8-11,13-14H2,(H,27,28). The van der Waals surface area contributed by atoms with Gasteiger partial charge in [-0.1, -0.05) is 36.9 Å². The third kappa shape index (κ3) is 8.51. The highest BCUT2D eigenvalue weighted by Crippen LogP contribution is 2.39. The number of rotatable bonds is 13. The molecule has 1 saturated carbocycles. The summed E-state index contributed by atoms with van der Waals surface area (Å²) in [5.41, 5.74) is 0. The van der Waals surface area contributed by atoms with Crippen LogP contribution in [-0.4, -0.2) is 51.3 Å². The fourth-order valence-corrected chi connectivity index (χ4v) is 4.39. The van der Waals surface area contributed by atoms with Crippen LogP contribution in [0.4, 0.5) is 0 Å². The zero-order valence-corrected chi connectivity index (χ0v) is 17.5. The molecule has 0 aromatic heterocycles. The van der Waals surface area contributed by atoms with Crippen molar-refractivity contribution in [3.63, 3.8) is 0 Å². The number of benzene rings is 1. The Bertz CT molecular complexity index is 625. The molecule has 164 valence electrons. The van der Waals surface area contributed by atoms with Crippen molar-refractivity contribution in [2.24, 2.45) is 11.8 Å². The molecule has 1 aliphatic carbocycles. The van der Waals surface area contributed by atoms with Crippen LogP contribution in [0.2, 0.25) is 5.02 Å². The second-order valence-electron chi connectivity index (χ2n) is 8.04. The van der Waals surface area contributed by atoms with Gasteiger partial charge >= 0.3 is 5.97 Å². The molecule has 0 amide bonds. The Morgan fingerprint density at radius 1 is 1.10 bits per heavy atom. The van der Waals surface area contributed by atoms with Crippen molar-refractivity contribution in [1.82, 2.24) is 0 Å². The Labute approximate surface area is 177 Å². The highest BCUT2D eigenvalue weighted by atomic mass is 35.5. The van der Waals surface area contributed by atoms with Gasteiger partial charge < -0.3 is 25.2 Å². The summed E-state index contributed by atoms with van der Waals surface area (Å²) in [5, 5.41) is 40.1. The van der Waals surface area contributed by atoms with Gasteiger partial charge in [0.25, 0.3) is 0 Å². The van der Waals surface area contributed by atoms with Gasteiger partial charge in [-0.3, -0.25) is 4.79 Å². The van der Waals surface area contributed by atoms with Gasteiger partial charge in [-0.2, -0.15) is 0 Å². The van der Waals surface area contributed by atoms with Crippen molar-refractivity contribution >= 4 is 17.6 Å². The van der Waals surface area contributed by atoms with E-state index in [0.717, 1.165) is 25.7 Å². The summed E-state index contributed by atoms with van der Waals surface area (Å²) < 4.78 is 5.57. The fraction of sp³-hybridized carbons (Fsp3) is 0.682. The van der Waals surface area contributed by atoms with Crippen LogP contribution in [0, 0.1) is 11.8 Å². The molecule has 6 nitrogen and oxygen atoms in total. The van der Waals surface area contributed by atoms with E-state index in [2.05, 4.69) is 0 Å². The average Bonchev–Trinajstić information content (AvgIpc) is 2.93. The normalized spacial score (nSPS) is 25.1. The van der Waals surface area contributed by atoms with Crippen molar-refractivity contribution in [2.75, 3.05) is 6.61 Å². The molecule has 1 aliphatic rings. The Morgan fingerprint density at radius 2 is 1.79 bits per heavy atom. The first-order valence-corrected chi connectivity index (χ1v) is 10.9. The molecule has 0 bridgehead atoms. The van der Waals surface area contributed by atoms with Crippen LogP contribution < -0.4 is 4.74 Å². The highest BCUT2D eigenvalue weighted by Gasteiger charge is 2.40. The monoisotopic (exact) mass is 428 g/mol. The molecule has 1 fully saturated rings. The Hall–Kier alpha value is -1.34. The molecule has 29 heavy (non-hydrogen) atoms. The maximum atomic E-state index is 10.5. The molecular formula is C22H33ClO6. The predicted molar refractivity (Wildman–Crippen MR) is 111 cm³/mol. The number of hydrogen-bond acceptors (Lipinski definition) is 5. The van der Waals surface area contributed by atoms with Gasteiger partial charge in [0.2, 0.25) is 0 Å². The van der Waals surface area contributed by atoms with Crippen molar-refractivity contribution in [3.05, 3.63) is 29.3 Å². The molecule has 0 spiro atoms. The van der Waals surface area contributed by atoms with Crippen LogP contribution >= 0.6 is 11.6 Å². The molecule has 0 saturated heterocycles. The number of carboxylic acids is 1. The highest BCUT2D eigenvalue weighted by molar-refractivity contribution is 6.30. The van der Waals surface area contributed by atoms with E-state index >= 15 is 0 Å². The van der Waals surface area contributed by atoms with Crippen LogP contribution in [0.5, 0.6) is 5.75 Å². The minimum absolute atomic E-state index is 0.0190. The van der Waals surface area contributed by atoms with Gasteiger partial charge in [-0.15, -0.1) is 0 Å². The first kappa shape index (κ1) is 23.9. The largest absolute Gasteiger partial charge is 0.491 e. The first-order chi connectivity index (χ1) is 13.9. The van der Waals surface area contributed by atoms with Gasteiger partial charge in [-0.25, -0.2) is 0 Å². The number of carboxylic acid groups (broad SMARTS) is 1. The first-order valence-electron chi connectivity index (χ1n) is 10.5. The Morgan fingerprint density at radius 3 is 2.48 bits per heavy atom. The molecule has 1 aromatic rings. The van der Waals surface area contributed by atoms with E-state index in [1.54, 1.807) is 24.3 Å². The van der Waals surface area contributed by atoms with Crippen LogP contribution in [0.3, 0.4) is 0 Å². The van der Waals surface area contributed by atoms with Crippen molar-refractivity contribution in [3.8, 4) is 5.75 Å². The molecule has 0 aliphatic heterocycles. The topological polar surface area (TPSA) is 107 Å². The second kappa shape index (κ2) is 12.4. The summed E-state index contributed by atoms with van der Waals surface area (Å²) >= 11 is 5.92. The molecular weight excluding hydrogens is 396 g/mol. The number of aliphatic carboxylic acids is 1. The number of halogens is 1. The SMILES string of the molecule is O=C(O)CCCCCCC1C(O)CC(O)C1CCC(O)COc1cccc(Cl)c1. The predicted octanol–water partition coefficient (Wildman–Crippen LogP) is 3.64. The Balaban J connectivity index is 1.71. The number of unbranched alkanes of at least 4 members (excludes halogenated alkanes) is 3. The lowest BCUT2D eigenvalue weighted by atomic mass is 9.85. The van der Waals surface area contributed by atoms with Crippen LogP contribution in [-0.2, 0) is 4.79 Å². The van der Waals surface area contributed by atoms with Gasteiger partial charge in [0.15, 0.2) is 0 Å². The van der Waals surface area contributed by atoms with E-state index in [9.17, 15) is 20.1 Å². The summed E-state index contributed by atoms with van der Waals surface area (Å²) in [5.74, 6) is -0.179. The molecule has 0 radical (unpaired) electrons. The summed E-state index contributed by atoms with van der Waals surface area (Å²) in [6.07, 6.45) is 4.14. The molecule has 1 aromatic carbocycles. The smallest absolute Gasteiger partial charge is 0.303 e. The van der Waals surface area contributed by atoms with Crippen LogP contribution in [0.25, 0.3) is 0 Å². The van der Waals surface area contributed by atoms with E-state index in [0.29, 0.717) is 36.5 Å². The Kier molecular flexibility index (Phi) is 10.2. The molecule has 5 atom stereocenters. The number of carbonyl (C=O) groups is 1. The van der Waals surface area contributed by atoms with Gasteiger partial charge in [0.05, 0.1) is 18.3 Å². The second-order valence-corrected chi connectivity index (χ2v) is 8.48. The van der Waals surface area contributed by atoms with E-state index in [1.165, 1.54) is 0 Å². The molecule has 2 rings (SSSR count). The summed E-state index contributed by atoms with van der Waals surface area (Å²) in [7, 11) is 0. The van der Waals surface area contributed by atoms with Crippen LogP contribution in [0.15, 0.2) is 24.3 Å². The third-order valence-corrected chi connectivity index (χ3v) is 6.01. The van der Waals surface area contributed by atoms with E-state index in [1.807, 2.05) is 0 Å². The summed E-state index contributed by atoms with van der Waals surface area (Å²) in [6, 6.07) is 7.01. The lowest BCUT2D eigenvalue weighted by Crippen LogP contribution is -2.25. The zero-order valence-electron chi connectivity index (χ0n) is 16.8. The zero-order chi connectivity index (χ0) is 21.2. The fourth-order valence-electron chi connectivity index (χ4n) is 4.21. The van der Waals surface area contributed by atoms with Crippen molar-refractivity contribution in [1.29, 1.82) is 0 Å². The van der Waals surface area contributed by atoms with Crippen molar-refractivity contribution in [2.45, 2.75) is 76.1 Å². The van der Waals surface area contributed by atoms with E-state index in [-0.39, 0.29) is 24.9 Å². The van der Waals surface area contributed by atoms with Crippen molar-refractivity contribution < 1.29 is 30.0 Å². The van der Waals surface area contributed by atoms with Crippen LogP contribution in [0.1, 0.15) is 57.8 Å². The molecule has 7 heteroatoms.